The Morgan fingerprint density at radius 1 is 0.447 bits per heavy atom. The summed E-state index contributed by atoms with van der Waals surface area (Å²) in [6.45, 7) is -0.183. The predicted molar refractivity (Wildman–Crippen MR) is 307 cm³/mol. The average Bonchev–Trinajstić information content (AvgIpc) is 4.48. The fourth-order valence-corrected chi connectivity index (χ4v) is 17.0. The Balaban J connectivity index is 0.859. The quantitative estimate of drug-likeness (QED) is 0.0491. The Labute approximate surface area is 449 Å². The molecule has 0 amide bonds. The van der Waals surface area contributed by atoms with Crippen LogP contribution in [0.4, 0.5) is 0 Å². The molecular formula is C65H36O7S4. The van der Waals surface area contributed by atoms with Gasteiger partial charge in [-0.3, -0.25) is 24.0 Å². The van der Waals surface area contributed by atoms with Gasteiger partial charge in [-0.25, -0.2) is 0 Å². The van der Waals surface area contributed by atoms with Gasteiger partial charge >= 0.3 is 11.9 Å². The molecule has 0 saturated heterocycles. The van der Waals surface area contributed by atoms with Crippen LogP contribution in [0.3, 0.4) is 0 Å². The van der Waals surface area contributed by atoms with Crippen LogP contribution in [0.1, 0.15) is 68.6 Å². The molecule has 0 N–H and O–H groups in total. The number of esters is 2. The van der Waals surface area contributed by atoms with Crippen LogP contribution in [-0.4, -0.2) is 29.3 Å². The zero-order valence-corrected chi connectivity index (χ0v) is 43.2. The van der Waals surface area contributed by atoms with Gasteiger partial charge in [0.15, 0.2) is 17.3 Å². The topological polar surface area (TPSA) is 104 Å². The minimum Gasteiger partial charge on any atom is -0.459 e. The van der Waals surface area contributed by atoms with E-state index in [-0.39, 0.29) is 36.1 Å². The largest absolute Gasteiger partial charge is 0.459 e. The minimum absolute atomic E-state index is 0.0181. The van der Waals surface area contributed by atoms with Gasteiger partial charge in [-0.2, -0.15) is 0 Å². The Hall–Kier alpha value is -8.45. The molecule has 0 unspecified atom stereocenters. The third-order valence-corrected chi connectivity index (χ3v) is 19.9. The van der Waals surface area contributed by atoms with E-state index in [4.69, 9.17) is 9.47 Å². The zero-order valence-electron chi connectivity index (χ0n) is 39.9. The first kappa shape index (κ1) is 45.0. The number of Topliss-reactive ketones (excluding diaryl/α,β-unsaturated/α-hetero) is 3. The van der Waals surface area contributed by atoms with Crippen molar-refractivity contribution < 1.29 is 33.4 Å². The summed E-state index contributed by atoms with van der Waals surface area (Å²) >= 11 is 5.73. The molecule has 0 atom stereocenters. The summed E-state index contributed by atoms with van der Waals surface area (Å²) in [6.07, 6.45) is 4.08. The lowest BCUT2D eigenvalue weighted by molar-refractivity contribution is -0.164. The van der Waals surface area contributed by atoms with Gasteiger partial charge in [-0.1, -0.05) is 115 Å². The number of hydrogen-bond donors (Lipinski definition) is 0. The summed E-state index contributed by atoms with van der Waals surface area (Å²) in [5.74, 6) is -2.26. The first-order valence-corrected chi connectivity index (χ1v) is 28.0. The van der Waals surface area contributed by atoms with Crippen LogP contribution in [0.2, 0.25) is 0 Å². The zero-order chi connectivity index (χ0) is 51.0. The lowest BCUT2D eigenvalue weighted by atomic mass is 9.79. The molecule has 0 spiro atoms. The molecule has 8 aromatic carbocycles. The molecule has 0 radical (unpaired) electrons. The summed E-state index contributed by atoms with van der Waals surface area (Å²) in [5, 5.41) is 8.18. The van der Waals surface area contributed by atoms with Gasteiger partial charge < -0.3 is 9.47 Å². The summed E-state index contributed by atoms with van der Waals surface area (Å²) in [7, 11) is 0. The van der Waals surface area contributed by atoms with Crippen LogP contribution in [0, 0.1) is 0 Å². The molecule has 76 heavy (non-hydrogen) atoms. The van der Waals surface area contributed by atoms with Crippen molar-refractivity contribution in [2.75, 3.05) is 0 Å². The van der Waals surface area contributed by atoms with Crippen LogP contribution in [0.15, 0.2) is 181 Å². The maximum atomic E-state index is 15.6. The number of benzene rings is 8. The summed E-state index contributed by atoms with van der Waals surface area (Å²) in [4.78, 5) is 76.9. The van der Waals surface area contributed by atoms with Crippen LogP contribution in [0.5, 0.6) is 0 Å². The van der Waals surface area contributed by atoms with Crippen molar-refractivity contribution >= 4 is 149 Å². The van der Waals surface area contributed by atoms with Crippen molar-refractivity contribution in [1.29, 1.82) is 0 Å². The van der Waals surface area contributed by atoms with Crippen molar-refractivity contribution in [1.82, 2.24) is 0 Å². The summed E-state index contributed by atoms with van der Waals surface area (Å²) in [6, 6.07) is 55.1. The monoisotopic (exact) mass is 1060 g/mol. The Kier molecular flexibility index (Phi) is 10.1. The van der Waals surface area contributed by atoms with Crippen molar-refractivity contribution in [3.63, 3.8) is 0 Å². The van der Waals surface area contributed by atoms with Crippen molar-refractivity contribution in [2.24, 2.45) is 0 Å². The molecule has 12 aromatic rings. The van der Waals surface area contributed by atoms with Gasteiger partial charge in [-0.15, -0.1) is 45.3 Å². The van der Waals surface area contributed by atoms with E-state index in [1.807, 2.05) is 146 Å². The molecule has 0 bridgehead atoms. The van der Waals surface area contributed by atoms with E-state index in [1.165, 1.54) is 45.3 Å². The molecule has 0 fully saturated rings. The lowest BCUT2D eigenvalue weighted by Gasteiger charge is -2.27. The highest BCUT2D eigenvalue weighted by atomic mass is 32.1. The molecule has 15 rings (SSSR count). The van der Waals surface area contributed by atoms with Crippen LogP contribution < -0.4 is 0 Å². The number of carbonyl (C=O) groups is 5. The average molecular weight is 1060 g/mol. The standard InChI is InChI=1S/C65H36O7S4/c66-56-45(24-44-23-40-19-36-15-7-8-16-37(36)20-41(40)26-48(44)56)25-46-30-52-59(73-46)54-61(75-52)62-55(65(54,63(69)71-32-34-11-3-1-4-12-34)64(70)72-33-35-13-5-2-6-14-35)60-53(76-62)31-47(74-60)29-51-57(67)49-27-42-21-38-17-9-10-18-39(38)22-43(42)28-50(49)58(51)68/h1-23,25-31H,24,32-33H2/b45-25+. The van der Waals surface area contributed by atoms with E-state index in [0.717, 1.165) is 88.5 Å². The lowest BCUT2D eigenvalue weighted by Crippen LogP contribution is -2.45. The first-order chi connectivity index (χ1) is 37.2. The SMILES string of the molecule is O=C1/C(=C/c2cc3sc4c(c3s2)C(C(=O)OCc2ccccc2)(C(=O)OCc2ccccc2)c2c-4sc3cc(C=C4C(=O)c5cc6cc7ccccc7cc6cc5C4=O)sc23)Cc2cc3cc4ccccc4cc3cc21. The first-order valence-electron chi connectivity index (χ1n) is 24.7. The number of fused-ring (bicyclic) bond motifs is 13. The van der Waals surface area contributed by atoms with Gasteiger partial charge in [-0.05, 0) is 127 Å². The minimum atomic E-state index is -2.07. The second-order valence-electron chi connectivity index (χ2n) is 19.6. The van der Waals surface area contributed by atoms with E-state index in [2.05, 4.69) is 30.3 Å². The highest BCUT2D eigenvalue weighted by Gasteiger charge is 2.62. The smallest absolute Gasteiger partial charge is 0.333 e. The number of hydrogen-bond acceptors (Lipinski definition) is 11. The Bertz CT molecular complexity index is 4530. The van der Waals surface area contributed by atoms with E-state index < -0.39 is 17.4 Å². The number of ether oxygens (including phenoxy) is 2. The molecule has 362 valence electrons. The molecule has 3 aliphatic carbocycles. The summed E-state index contributed by atoms with van der Waals surface area (Å²) < 4.78 is 15.7. The fourth-order valence-electron chi connectivity index (χ4n) is 11.4. The van der Waals surface area contributed by atoms with Gasteiger partial charge in [0.2, 0.25) is 5.41 Å². The van der Waals surface area contributed by atoms with Gasteiger partial charge in [0.25, 0.3) is 0 Å². The number of allylic oxidation sites excluding steroid dienone is 2. The van der Waals surface area contributed by atoms with Crippen LogP contribution in [-0.2, 0) is 44.1 Å². The van der Waals surface area contributed by atoms with Crippen LogP contribution in [0.25, 0.3) is 83.8 Å². The van der Waals surface area contributed by atoms with Gasteiger partial charge in [0, 0.05) is 59.0 Å². The fraction of sp³-hybridized carbons (Fsp3) is 0.0615. The van der Waals surface area contributed by atoms with E-state index in [0.29, 0.717) is 49.4 Å². The van der Waals surface area contributed by atoms with Crippen molar-refractivity contribution in [3.05, 3.63) is 235 Å². The van der Waals surface area contributed by atoms with E-state index in [9.17, 15) is 14.4 Å². The van der Waals surface area contributed by atoms with Gasteiger partial charge in [0.1, 0.15) is 13.2 Å². The molecule has 11 heteroatoms. The van der Waals surface area contributed by atoms with E-state index in [1.54, 1.807) is 6.08 Å². The molecule has 4 heterocycles. The number of thiophene rings is 4. The number of carbonyl (C=O) groups excluding carboxylic acids is 5. The molecular weight excluding hydrogens is 1020 g/mol. The van der Waals surface area contributed by atoms with Gasteiger partial charge in [0.05, 0.1) is 24.7 Å². The highest BCUT2D eigenvalue weighted by Crippen LogP contribution is 2.63. The Morgan fingerprint density at radius 3 is 1.34 bits per heavy atom. The number of ketones is 3. The molecule has 3 aliphatic rings. The van der Waals surface area contributed by atoms with Crippen molar-refractivity contribution in [2.45, 2.75) is 25.0 Å². The second-order valence-corrected chi connectivity index (χ2v) is 23.8. The second kappa shape index (κ2) is 17.0. The normalized spacial score (nSPS) is 14.9. The van der Waals surface area contributed by atoms with Crippen molar-refractivity contribution in [3.8, 4) is 9.75 Å². The molecule has 7 nitrogen and oxygen atoms in total. The maximum Gasteiger partial charge on any atom is 0.333 e. The van der Waals surface area contributed by atoms with Crippen LogP contribution >= 0.6 is 45.3 Å². The molecule has 0 aliphatic heterocycles. The molecule has 4 aromatic heterocycles. The summed E-state index contributed by atoms with van der Waals surface area (Å²) in [5.41, 5.74) is 3.54. The number of rotatable bonds is 8. The highest BCUT2D eigenvalue weighted by molar-refractivity contribution is 7.35. The van der Waals surface area contributed by atoms with E-state index >= 15 is 9.59 Å². The third kappa shape index (κ3) is 6.86. The Morgan fingerprint density at radius 2 is 0.868 bits per heavy atom. The third-order valence-electron chi connectivity index (χ3n) is 15.0. The maximum absolute atomic E-state index is 15.6. The predicted octanol–water partition coefficient (Wildman–Crippen LogP) is 15.9. The molecule has 0 saturated carbocycles.